The van der Waals surface area contributed by atoms with Crippen molar-refractivity contribution in [3.63, 3.8) is 0 Å². The van der Waals surface area contributed by atoms with Gasteiger partial charge in [0.05, 0.1) is 60.8 Å². The number of carbonyl (C=O) groups excluding carboxylic acids is 1. The number of thiazole rings is 1. The molecule has 44 heavy (non-hydrogen) atoms. The molecule has 0 radical (unpaired) electrons. The van der Waals surface area contributed by atoms with Gasteiger partial charge in [-0.05, 0) is 49.6 Å². The summed E-state index contributed by atoms with van der Waals surface area (Å²) in [7, 11) is -2.04. The third-order valence-corrected chi connectivity index (χ3v) is 10.8. The van der Waals surface area contributed by atoms with E-state index in [1.54, 1.807) is 37.8 Å². The fraction of sp³-hybridized carbons (Fsp3) is 0.367. The predicted molar refractivity (Wildman–Crippen MR) is 164 cm³/mol. The first-order valence-corrected chi connectivity index (χ1v) is 16.6. The third-order valence-electron chi connectivity index (χ3n) is 7.49. The number of anilines is 1. The van der Waals surface area contributed by atoms with E-state index in [4.69, 9.17) is 14.2 Å². The van der Waals surface area contributed by atoms with Gasteiger partial charge in [-0.2, -0.15) is 0 Å². The first kappa shape index (κ1) is 29.9. The van der Waals surface area contributed by atoms with E-state index in [9.17, 15) is 13.2 Å². The molecule has 14 heteroatoms. The Bertz CT molecular complexity index is 1740. The van der Waals surface area contributed by atoms with Crippen molar-refractivity contribution in [2.24, 2.45) is 0 Å². The molecule has 1 aliphatic heterocycles. The summed E-state index contributed by atoms with van der Waals surface area (Å²) in [5.41, 5.74) is 1.38. The van der Waals surface area contributed by atoms with Crippen molar-refractivity contribution in [2.45, 2.75) is 43.5 Å². The second kappa shape index (κ2) is 12.5. The number of ether oxygens (including phenoxy) is 3. The lowest BCUT2D eigenvalue weighted by Gasteiger charge is -2.30. The summed E-state index contributed by atoms with van der Waals surface area (Å²) in [6.45, 7) is 3.06. The van der Waals surface area contributed by atoms with Gasteiger partial charge in [0, 0.05) is 25.4 Å². The Morgan fingerprint density at radius 2 is 1.98 bits per heavy atom. The number of sulfonamides is 1. The molecule has 1 atom stereocenters. The highest BCUT2D eigenvalue weighted by molar-refractivity contribution is 7.93. The second-order valence-electron chi connectivity index (χ2n) is 10.5. The number of hydrogen-bond donors (Lipinski definition) is 1. The number of methoxy groups -OCH3 is 1. The molecule has 6 rings (SSSR count). The number of rotatable bonds is 12. The van der Waals surface area contributed by atoms with Gasteiger partial charge in [0.15, 0.2) is 5.01 Å². The molecule has 3 aromatic heterocycles. The number of aromatic nitrogens is 4. The van der Waals surface area contributed by atoms with Crippen LogP contribution in [-0.2, 0) is 26.8 Å². The average molecular weight is 637 g/mol. The molecule has 1 saturated heterocycles. The number of nitrogens with one attached hydrogen (secondary N) is 1. The summed E-state index contributed by atoms with van der Waals surface area (Å²) in [5, 5.41) is 2.92. The number of pyridine rings is 1. The van der Waals surface area contributed by atoms with Gasteiger partial charge in [0.25, 0.3) is 5.91 Å². The van der Waals surface area contributed by atoms with Gasteiger partial charge >= 0.3 is 0 Å². The third kappa shape index (κ3) is 6.23. The first-order valence-electron chi connectivity index (χ1n) is 14.2. The number of amides is 1. The molecule has 4 aromatic rings. The van der Waals surface area contributed by atoms with Crippen LogP contribution in [0.25, 0.3) is 10.6 Å². The van der Waals surface area contributed by atoms with E-state index >= 15 is 0 Å². The number of nitrogens with zero attached hydrogens (tertiary/aromatic N) is 5. The van der Waals surface area contributed by atoms with Gasteiger partial charge < -0.3 is 19.5 Å². The molecular weight excluding hydrogens is 605 g/mol. The second-order valence-corrected chi connectivity index (χ2v) is 13.7. The topological polar surface area (TPSA) is 146 Å². The van der Waals surface area contributed by atoms with Crippen LogP contribution in [0.2, 0.25) is 0 Å². The van der Waals surface area contributed by atoms with E-state index in [2.05, 4.69) is 25.3 Å². The van der Waals surface area contributed by atoms with Crippen molar-refractivity contribution in [2.75, 3.05) is 31.2 Å². The van der Waals surface area contributed by atoms with Gasteiger partial charge in [-0.3, -0.25) is 19.1 Å². The molecular formula is C30H32N6O6S2. The van der Waals surface area contributed by atoms with E-state index in [1.807, 2.05) is 31.2 Å². The van der Waals surface area contributed by atoms with Crippen molar-refractivity contribution in [3.05, 3.63) is 77.5 Å². The smallest absolute Gasteiger partial charge is 0.281 e. The monoisotopic (exact) mass is 636 g/mol. The summed E-state index contributed by atoms with van der Waals surface area (Å²) >= 11 is 1.18. The van der Waals surface area contributed by atoms with Crippen molar-refractivity contribution < 1.29 is 27.4 Å². The van der Waals surface area contributed by atoms with Crippen molar-refractivity contribution >= 4 is 33.0 Å². The Hall–Kier alpha value is -4.14. The minimum atomic E-state index is -3.62. The van der Waals surface area contributed by atoms with Crippen LogP contribution < -0.4 is 19.1 Å². The lowest BCUT2D eigenvalue weighted by atomic mass is 9.93. The van der Waals surface area contributed by atoms with Crippen LogP contribution in [-0.4, -0.2) is 66.4 Å². The fourth-order valence-electron chi connectivity index (χ4n) is 4.99. The van der Waals surface area contributed by atoms with Crippen LogP contribution in [0.1, 0.15) is 47.2 Å². The summed E-state index contributed by atoms with van der Waals surface area (Å²) in [6, 6.07) is 10.7. The molecule has 1 unspecified atom stereocenters. The van der Waals surface area contributed by atoms with Crippen LogP contribution >= 0.6 is 11.3 Å². The lowest BCUT2D eigenvalue weighted by Crippen LogP contribution is -2.47. The number of benzene rings is 1. The Morgan fingerprint density at radius 3 is 2.68 bits per heavy atom. The molecule has 1 amide bonds. The highest BCUT2D eigenvalue weighted by atomic mass is 32.2. The van der Waals surface area contributed by atoms with E-state index in [1.165, 1.54) is 21.8 Å². The molecule has 0 bridgehead atoms. The maximum Gasteiger partial charge on any atom is 0.281 e. The Labute approximate surface area is 259 Å². The summed E-state index contributed by atoms with van der Waals surface area (Å²) < 4.78 is 45.2. The zero-order chi connectivity index (χ0) is 30.7. The van der Waals surface area contributed by atoms with Gasteiger partial charge in [-0.25, -0.2) is 18.4 Å². The van der Waals surface area contributed by atoms with Crippen LogP contribution in [0.5, 0.6) is 11.6 Å². The summed E-state index contributed by atoms with van der Waals surface area (Å²) in [4.78, 5) is 31.7. The Balaban J connectivity index is 1.27. The van der Waals surface area contributed by atoms with E-state index in [-0.39, 0.29) is 18.2 Å². The summed E-state index contributed by atoms with van der Waals surface area (Å²) in [5.74, 6) is 0.686. The molecule has 4 heterocycles. The van der Waals surface area contributed by atoms with Crippen LogP contribution in [0, 0.1) is 0 Å². The largest absolute Gasteiger partial charge is 0.497 e. The molecule has 2 aliphatic rings. The van der Waals surface area contributed by atoms with Crippen molar-refractivity contribution in [1.29, 1.82) is 0 Å². The maximum atomic E-state index is 13.6. The average Bonchev–Trinajstić information content (AvgIpc) is 3.61. The zero-order valence-electron chi connectivity index (χ0n) is 24.3. The molecule has 1 saturated carbocycles. The number of carbonyl (C=O) groups is 1. The van der Waals surface area contributed by atoms with Gasteiger partial charge in [0.1, 0.15) is 17.0 Å². The Morgan fingerprint density at radius 1 is 1.16 bits per heavy atom. The molecule has 1 N–H and O–H groups in total. The first-order chi connectivity index (χ1) is 21.3. The highest BCUT2D eigenvalue weighted by Crippen LogP contribution is 2.37. The van der Waals surface area contributed by atoms with E-state index in [0.29, 0.717) is 66.1 Å². The molecule has 1 aliphatic carbocycles. The Kier molecular flexibility index (Phi) is 8.47. The minimum absolute atomic E-state index is 0.150. The van der Waals surface area contributed by atoms with Crippen molar-refractivity contribution in [1.82, 2.24) is 25.3 Å². The standard InChI is InChI=1S/C30H32N6O6S2/c1-3-42-27-17-31-15-24(34-27)25-16-33-29(43-25)28(37)35-30(11-13-41-19-30)26-14-21(10-12-32-26)36(44(38,39)23-8-9-23)18-20-4-6-22(40-2)7-5-20/h4-7,10,12,14-17,23H,3,8-9,11,13,18-19H2,1-2H3,(H,35,37). The van der Waals surface area contributed by atoms with E-state index in [0.717, 1.165) is 5.56 Å². The SMILES string of the molecule is CCOc1cncc(-c2cnc(C(=O)NC3(c4cc(N(Cc5ccc(OC)cc5)S(=O)(=O)C5CC5)ccn4)CCOC3)s2)n1. The quantitative estimate of drug-likeness (QED) is 0.243. The van der Waals surface area contributed by atoms with Gasteiger partial charge in [0.2, 0.25) is 15.9 Å². The zero-order valence-corrected chi connectivity index (χ0v) is 25.9. The molecule has 230 valence electrons. The number of hydrogen-bond acceptors (Lipinski definition) is 11. The molecule has 1 aromatic carbocycles. The van der Waals surface area contributed by atoms with Crippen LogP contribution in [0.3, 0.4) is 0 Å². The summed E-state index contributed by atoms with van der Waals surface area (Å²) in [6.07, 6.45) is 7.99. The lowest BCUT2D eigenvalue weighted by molar-refractivity contribution is 0.0872. The molecule has 0 spiro atoms. The van der Waals surface area contributed by atoms with E-state index < -0.39 is 26.7 Å². The maximum absolute atomic E-state index is 13.6. The molecule has 12 nitrogen and oxygen atoms in total. The van der Waals surface area contributed by atoms with Crippen molar-refractivity contribution in [3.8, 4) is 22.2 Å². The van der Waals surface area contributed by atoms with Gasteiger partial charge in [-0.15, -0.1) is 11.3 Å². The molecule has 2 fully saturated rings. The fourth-order valence-corrected chi connectivity index (χ4v) is 7.58. The minimum Gasteiger partial charge on any atom is -0.497 e. The highest BCUT2D eigenvalue weighted by Gasteiger charge is 2.43. The van der Waals surface area contributed by atoms with Gasteiger partial charge in [-0.1, -0.05) is 12.1 Å². The van der Waals surface area contributed by atoms with Crippen LogP contribution in [0.15, 0.2) is 61.2 Å². The predicted octanol–water partition coefficient (Wildman–Crippen LogP) is 3.95. The normalized spacial score (nSPS) is 18.1. The van der Waals surface area contributed by atoms with Crippen LogP contribution in [0.4, 0.5) is 5.69 Å².